The zero-order valence-electron chi connectivity index (χ0n) is 11.3. The minimum atomic E-state index is -0.412. The van der Waals surface area contributed by atoms with Gasteiger partial charge in [0.15, 0.2) is 5.78 Å². The van der Waals surface area contributed by atoms with Crippen LogP contribution in [0.4, 0.5) is 0 Å². The van der Waals surface area contributed by atoms with Gasteiger partial charge in [-0.3, -0.25) is 4.79 Å². The van der Waals surface area contributed by atoms with E-state index in [2.05, 4.69) is 9.97 Å². The highest BCUT2D eigenvalue weighted by atomic mass is 16.5. The van der Waals surface area contributed by atoms with Crippen molar-refractivity contribution in [1.82, 2.24) is 9.97 Å². The first-order valence-corrected chi connectivity index (χ1v) is 6.06. The highest BCUT2D eigenvalue weighted by Crippen LogP contribution is 2.22. The molecule has 19 heavy (non-hydrogen) atoms. The molecule has 4 nitrogen and oxygen atoms in total. The van der Waals surface area contributed by atoms with E-state index in [4.69, 9.17) is 4.74 Å². The molecule has 2 heterocycles. The summed E-state index contributed by atoms with van der Waals surface area (Å²) in [6.07, 6.45) is 3.18. The number of Topliss-reactive ketones (excluding diaryl/α,β-unsaturated/α-hetero) is 1. The van der Waals surface area contributed by atoms with Crippen molar-refractivity contribution < 1.29 is 9.53 Å². The van der Waals surface area contributed by atoms with Gasteiger partial charge in [-0.1, -0.05) is 26.8 Å². The van der Waals surface area contributed by atoms with Gasteiger partial charge in [0.25, 0.3) is 0 Å². The van der Waals surface area contributed by atoms with Crippen molar-refractivity contribution >= 4 is 5.78 Å². The Hall–Kier alpha value is -2.23. The van der Waals surface area contributed by atoms with Crippen LogP contribution in [0.2, 0.25) is 0 Å². The first-order chi connectivity index (χ1) is 8.97. The molecule has 2 aromatic heterocycles. The Labute approximate surface area is 112 Å². The average molecular weight is 256 g/mol. The molecule has 0 aliphatic carbocycles. The molecule has 98 valence electrons. The molecule has 0 bridgehead atoms. The fourth-order valence-electron chi connectivity index (χ4n) is 1.52. The van der Waals surface area contributed by atoms with Crippen LogP contribution < -0.4 is 4.74 Å². The highest BCUT2D eigenvalue weighted by molar-refractivity contribution is 5.99. The van der Waals surface area contributed by atoms with Crippen molar-refractivity contribution in [2.75, 3.05) is 0 Å². The third-order valence-electron chi connectivity index (χ3n) is 2.53. The molecule has 4 heteroatoms. The molecule has 0 aromatic carbocycles. The molecular formula is C15H16N2O2. The topological polar surface area (TPSA) is 52.1 Å². The number of carbonyl (C=O) groups is 1. The third-order valence-corrected chi connectivity index (χ3v) is 2.53. The number of rotatable bonds is 3. The Morgan fingerprint density at radius 1 is 1.05 bits per heavy atom. The van der Waals surface area contributed by atoms with E-state index in [0.717, 1.165) is 0 Å². The first-order valence-electron chi connectivity index (χ1n) is 6.06. The standard InChI is InChI=1S/C15H16N2O2/c1-15(2,3)14(18)11-7-8-13(17-10-11)19-12-6-4-5-9-16-12/h4-10H,1-3H3. The number of hydrogen-bond acceptors (Lipinski definition) is 4. The van der Waals surface area contributed by atoms with Gasteiger partial charge >= 0.3 is 0 Å². The van der Waals surface area contributed by atoms with E-state index in [1.807, 2.05) is 32.9 Å². The minimum absolute atomic E-state index is 0.0596. The fourth-order valence-corrected chi connectivity index (χ4v) is 1.52. The lowest BCUT2D eigenvalue weighted by atomic mass is 9.87. The number of ether oxygens (including phenoxy) is 1. The monoisotopic (exact) mass is 256 g/mol. The molecule has 0 radical (unpaired) electrons. The van der Waals surface area contributed by atoms with Crippen LogP contribution in [-0.4, -0.2) is 15.8 Å². The number of aromatic nitrogens is 2. The lowest BCUT2D eigenvalue weighted by molar-refractivity contribution is 0.0858. The van der Waals surface area contributed by atoms with Gasteiger partial charge in [-0.15, -0.1) is 0 Å². The quantitative estimate of drug-likeness (QED) is 0.789. The summed E-state index contributed by atoms with van der Waals surface area (Å²) in [6, 6.07) is 8.79. The second-order valence-electron chi connectivity index (χ2n) is 5.23. The largest absolute Gasteiger partial charge is 0.421 e. The van der Waals surface area contributed by atoms with Crippen LogP contribution in [0, 0.1) is 5.41 Å². The van der Waals surface area contributed by atoms with E-state index in [9.17, 15) is 4.79 Å². The molecule has 0 spiro atoms. The normalized spacial score (nSPS) is 11.1. The third kappa shape index (κ3) is 3.37. The van der Waals surface area contributed by atoms with Crippen molar-refractivity contribution in [2.45, 2.75) is 20.8 Å². The SMILES string of the molecule is CC(C)(C)C(=O)c1ccc(Oc2ccccn2)nc1. The Kier molecular flexibility index (Phi) is 3.60. The first kappa shape index (κ1) is 13.2. The van der Waals surface area contributed by atoms with Crippen molar-refractivity contribution in [2.24, 2.45) is 5.41 Å². The number of pyridine rings is 2. The molecule has 0 saturated heterocycles. The summed E-state index contributed by atoms with van der Waals surface area (Å²) in [5, 5.41) is 0. The Balaban J connectivity index is 2.13. The zero-order chi connectivity index (χ0) is 13.9. The van der Waals surface area contributed by atoms with E-state index in [-0.39, 0.29) is 5.78 Å². The summed E-state index contributed by atoms with van der Waals surface area (Å²) in [6.45, 7) is 5.65. The van der Waals surface area contributed by atoms with Gasteiger partial charge in [0, 0.05) is 35.5 Å². The van der Waals surface area contributed by atoms with Crippen LogP contribution in [0.25, 0.3) is 0 Å². The number of hydrogen-bond donors (Lipinski definition) is 0. The Morgan fingerprint density at radius 3 is 2.32 bits per heavy atom. The summed E-state index contributed by atoms with van der Waals surface area (Å²) >= 11 is 0. The van der Waals surface area contributed by atoms with Crippen LogP contribution >= 0.6 is 0 Å². The van der Waals surface area contributed by atoms with Gasteiger partial charge in [-0.25, -0.2) is 9.97 Å². The molecule has 2 rings (SSSR count). The predicted octanol–water partition coefficient (Wildman–Crippen LogP) is 3.50. The van der Waals surface area contributed by atoms with Crippen LogP contribution in [0.5, 0.6) is 11.8 Å². The van der Waals surface area contributed by atoms with Crippen molar-refractivity contribution in [3.05, 3.63) is 48.3 Å². The molecule has 0 unspecified atom stereocenters. The maximum absolute atomic E-state index is 12.0. The molecule has 0 amide bonds. The molecule has 2 aromatic rings. The molecular weight excluding hydrogens is 240 g/mol. The van der Waals surface area contributed by atoms with E-state index >= 15 is 0 Å². The van der Waals surface area contributed by atoms with Gasteiger partial charge in [0.1, 0.15) is 0 Å². The van der Waals surface area contributed by atoms with Crippen LogP contribution in [0.3, 0.4) is 0 Å². The van der Waals surface area contributed by atoms with Crippen molar-refractivity contribution in [3.8, 4) is 11.8 Å². The molecule has 0 atom stereocenters. The number of carbonyl (C=O) groups excluding carboxylic acids is 1. The summed E-state index contributed by atoms with van der Waals surface area (Å²) in [4.78, 5) is 20.2. The number of ketones is 1. The highest BCUT2D eigenvalue weighted by Gasteiger charge is 2.23. The lowest BCUT2D eigenvalue weighted by Crippen LogP contribution is -2.20. The van der Waals surface area contributed by atoms with Gasteiger partial charge in [0.2, 0.25) is 11.8 Å². The molecule has 0 aliphatic rings. The zero-order valence-corrected chi connectivity index (χ0v) is 11.3. The van der Waals surface area contributed by atoms with E-state index in [0.29, 0.717) is 17.3 Å². The summed E-state index contributed by atoms with van der Waals surface area (Å²) in [5.74, 6) is 0.957. The van der Waals surface area contributed by atoms with Crippen LogP contribution in [0.1, 0.15) is 31.1 Å². The molecule has 0 saturated carbocycles. The molecule has 0 N–H and O–H groups in total. The van der Waals surface area contributed by atoms with Crippen LogP contribution in [0.15, 0.2) is 42.7 Å². The second-order valence-corrected chi connectivity index (χ2v) is 5.23. The maximum atomic E-state index is 12.0. The van der Waals surface area contributed by atoms with Crippen molar-refractivity contribution in [3.63, 3.8) is 0 Å². The van der Waals surface area contributed by atoms with Gasteiger partial charge < -0.3 is 4.74 Å². The number of nitrogens with zero attached hydrogens (tertiary/aromatic N) is 2. The summed E-state index contributed by atoms with van der Waals surface area (Å²) < 4.78 is 5.47. The lowest BCUT2D eigenvalue weighted by Gasteiger charge is -2.16. The van der Waals surface area contributed by atoms with E-state index < -0.39 is 5.41 Å². The smallest absolute Gasteiger partial charge is 0.221 e. The van der Waals surface area contributed by atoms with Crippen molar-refractivity contribution in [1.29, 1.82) is 0 Å². The Morgan fingerprint density at radius 2 is 1.79 bits per heavy atom. The molecule has 0 aliphatic heterocycles. The maximum Gasteiger partial charge on any atom is 0.221 e. The van der Waals surface area contributed by atoms with Crippen LogP contribution in [-0.2, 0) is 0 Å². The van der Waals surface area contributed by atoms with Gasteiger partial charge in [-0.05, 0) is 12.1 Å². The second kappa shape index (κ2) is 5.18. The Bertz CT molecular complexity index is 557. The minimum Gasteiger partial charge on any atom is -0.421 e. The van der Waals surface area contributed by atoms with Gasteiger partial charge in [0.05, 0.1) is 0 Å². The molecule has 0 fully saturated rings. The predicted molar refractivity (Wildman–Crippen MR) is 72.3 cm³/mol. The summed E-state index contributed by atoms with van der Waals surface area (Å²) in [5.41, 5.74) is 0.172. The van der Waals surface area contributed by atoms with E-state index in [1.165, 1.54) is 6.20 Å². The fraction of sp³-hybridized carbons (Fsp3) is 0.267. The average Bonchev–Trinajstić information content (AvgIpc) is 2.39. The van der Waals surface area contributed by atoms with E-state index in [1.54, 1.807) is 24.4 Å². The van der Waals surface area contributed by atoms with Gasteiger partial charge in [-0.2, -0.15) is 0 Å². The summed E-state index contributed by atoms with van der Waals surface area (Å²) in [7, 11) is 0.